The van der Waals surface area contributed by atoms with Crippen LogP contribution >= 0.6 is 0 Å². The van der Waals surface area contributed by atoms with Gasteiger partial charge < -0.3 is 15.4 Å². The molecule has 1 aromatic carbocycles. The first-order chi connectivity index (χ1) is 12.0. The molecule has 3 rings (SSSR count). The van der Waals surface area contributed by atoms with Crippen LogP contribution in [0.4, 0.5) is 5.69 Å². The number of ether oxygens (including phenoxy) is 1. The number of nitro groups is 1. The molecular weight excluding hydrogens is 326 g/mol. The van der Waals surface area contributed by atoms with E-state index < -0.39 is 4.92 Å². The topological polar surface area (TPSA) is 122 Å². The Balaban J connectivity index is 1.77. The van der Waals surface area contributed by atoms with Crippen molar-refractivity contribution in [2.75, 3.05) is 33.4 Å². The summed E-state index contributed by atoms with van der Waals surface area (Å²) < 4.78 is 5.34. The van der Waals surface area contributed by atoms with Crippen LogP contribution in [0.15, 0.2) is 18.2 Å². The molecule has 0 spiro atoms. The first kappa shape index (κ1) is 17.3. The van der Waals surface area contributed by atoms with Crippen molar-refractivity contribution < 1.29 is 14.5 Å². The zero-order valence-electron chi connectivity index (χ0n) is 14.0. The fourth-order valence-corrected chi connectivity index (χ4v) is 3.28. The highest BCUT2D eigenvalue weighted by Crippen LogP contribution is 2.28. The lowest BCUT2D eigenvalue weighted by Crippen LogP contribution is -2.47. The van der Waals surface area contributed by atoms with Gasteiger partial charge >= 0.3 is 0 Å². The quantitative estimate of drug-likeness (QED) is 0.533. The highest BCUT2D eigenvalue weighted by molar-refractivity contribution is 6.05. The molecule has 3 N–H and O–H groups in total. The largest absolute Gasteiger partial charge is 0.384 e. The van der Waals surface area contributed by atoms with Gasteiger partial charge in [-0.05, 0) is 32.0 Å². The molecule has 1 aliphatic heterocycles. The minimum absolute atomic E-state index is 0.0721. The van der Waals surface area contributed by atoms with E-state index in [9.17, 15) is 14.9 Å². The maximum absolute atomic E-state index is 12.6. The molecule has 1 aromatic heterocycles. The molecule has 0 atom stereocenters. The average Bonchev–Trinajstić information content (AvgIpc) is 3.04. The van der Waals surface area contributed by atoms with Gasteiger partial charge in [-0.25, -0.2) is 0 Å². The molecule has 1 amide bonds. The SMILES string of the molecule is COCC1(CNC(=O)c2n[nH]c3ccc([N+](=O)[O-])cc23)CCNCC1. The normalized spacial score (nSPS) is 16.7. The first-order valence-electron chi connectivity index (χ1n) is 8.15. The van der Waals surface area contributed by atoms with Crippen molar-refractivity contribution in [1.82, 2.24) is 20.8 Å². The molecule has 134 valence electrons. The van der Waals surface area contributed by atoms with E-state index in [1.807, 2.05) is 0 Å². The average molecular weight is 347 g/mol. The summed E-state index contributed by atoms with van der Waals surface area (Å²) in [7, 11) is 1.66. The molecule has 0 radical (unpaired) electrons. The number of nitrogens with one attached hydrogen (secondary N) is 3. The summed E-state index contributed by atoms with van der Waals surface area (Å²) in [5.41, 5.74) is 0.579. The van der Waals surface area contributed by atoms with Crippen molar-refractivity contribution in [1.29, 1.82) is 0 Å². The molecule has 0 unspecified atom stereocenters. The minimum atomic E-state index is -0.489. The second kappa shape index (κ2) is 7.16. The van der Waals surface area contributed by atoms with Crippen LogP contribution in [0, 0.1) is 15.5 Å². The number of hydrogen-bond acceptors (Lipinski definition) is 6. The van der Waals surface area contributed by atoms with Gasteiger partial charge in [-0.1, -0.05) is 0 Å². The lowest BCUT2D eigenvalue weighted by Gasteiger charge is -2.37. The maximum atomic E-state index is 12.6. The zero-order chi connectivity index (χ0) is 17.9. The van der Waals surface area contributed by atoms with Crippen LogP contribution in [-0.4, -0.2) is 54.4 Å². The van der Waals surface area contributed by atoms with E-state index in [2.05, 4.69) is 20.8 Å². The van der Waals surface area contributed by atoms with Gasteiger partial charge in [0.25, 0.3) is 11.6 Å². The third-order valence-corrected chi connectivity index (χ3v) is 4.71. The van der Waals surface area contributed by atoms with Gasteiger partial charge in [0.1, 0.15) is 0 Å². The second-order valence-electron chi connectivity index (χ2n) is 6.42. The highest BCUT2D eigenvalue weighted by Gasteiger charge is 2.33. The number of aromatic amines is 1. The Labute approximate surface area is 144 Å². The molecule has 0 bridgehead atoms. The number of hydrogen-bond donors (Lipinski definition) is 3. The van der Waals surface area contributed by atoms with Gasteiger partial charge in [0, 0.05) is 36.6 Å². The lowest BCUT2D eigenvalue weighted by atomic mass is 9.79. The van der Waals surface area contributed by atoms with Gasteiger partial charge in [-0.15, -0.1) is 0 Å². The van der Waals surface area contributed by atoms with Gasteiger partial charge in [0.05, 0.1) is 17.0 Å². The van der Waals surface area contributed by atoms with Crippen molar-refractivity contribution in [2.24, 2.45) is 5.41 Å². The molecule has 9 heteroatoms. The van der Waals surface area contributed by atoms with Crippen LogP contribution in [0.5, 0.6) is 0 Å². The van der Waals surface area contributed by atoms with E-state index in [0.717, 1.165) is 25.9 Å². The van der Waals surface area contributed by atoms with Gasteiger partial charge in [0.15, 0.2) is 5.69 Å². The highest BCUT2D eigenvalue weighted by atomic mass is 16.6. The number of H-pyrrole nitrogens is 1. The van der Waals surface area contributed by atoms with E-state index in [1.54, 1.807) is 13.2 Å². The van der Waals surface area contributed by atoms with Crippen LogP contribution in [0.25, 0.3) is 10.9 Å². The van der Waals surface area contributed by atoms with Gasteiger partial charge in [-0.2, -0.15) is 5.10 Å². The molecule has 25 heavy (non-hydrogen) atoms. The Hall–Kier alpha value is -2.52. The number of piperidine rings is 1. The van der Waals surface area contributed by atoms with E-state index >= 15 is 0 Å². The molecule has 2 aromatic rings. The van der Waals surface area contributed by atoms with Crippen LogP contribution < -0.4 is 10.6 Å². The fourth-order valence-electron chi connectivity index (χ4n) is 3.28. The number of rotatable bonds is 6. The molecule has 1 saturated heterocycles. The molecule has 2 heterocycles. The van der Waals surface area contributed by atoms with E-state index in [1.165, 1.54) is 12.1 Å². The number of carbonyl (C=O) groups excluding carboxylic acids is 1. The first-order valence-corrected chi connectivity index (χ1v) is 8.15. The van der Waals surface area contributed by atoms with Gasteiger partial charge in [-0.3, -0.25) is 20.0 Å². The molecule has 0 saturated carbocycles. The minimum Gasteiger partial charge on any atom is -0.384 e. The number of benzene rings is 1. The molecular formula is C16H21N5O4. The number of nitrogens with zero attached hydrogens (tertiary/aromatic N) is 2. The van der Waals surface area contributed by atoms with Gasteiger partial charge in [0.2, 0.25) is 0 Å². The third kappa shape index (κ3) is 3.62. The van der Waals surface area contributed by atoms with Crippen molar-refractivity contribution >= 4 is 22.5 Å². The number of amides is 1. The standard InChI is InChI=1S/C16H21N5O4/c1-25-10-16(4-6-17-7-5-16)9-18-15(22)14-12-8-11(21(23)24)2-3-13(12)19-20-14/h2-3,8,17H,4-7,9-10H2,1H3,(H,18,22)(H,19,20). The number of methoxy groups -OCH3 is 1. The summed E-state index contributed by atoms with van der Waals surface area (Å²) in [5, 5.41) is 24.4. The maximum Gasteiger partial charge on any atom is 0.272 e. The van der Waals surface area contributed by atoms with Crippen LogP contribution in [0.3, 0.4) is 0 Å². The van der Waals surface area contributed by atoms with Crippen molar-refractivity contribution in [3.8, 4) is 0 Å². The number of non-ortho nitro benzene ring substituents is 1. The van der Waals surface area contributed by atoms with Crippen LogP contribution in [0.2, 0.25) is 0 Å². The number of nitro benzene ring substituents is 1. The molecule has 1 fully saturated rings. The number of aromatic nitrogens is 2. The molecule has 1 aliphatic rings. The smallest absolute Gasteiger partial charge is 0.272 e. The monoisotopic (exact) mass is 347 g/mol. The summed E-state index contributed by atoms with van der Waals surface area (Å²) in [4.78, 5) is 23.0. The summed E-state index contributed by atoms with van der Waals surface area (Å²) in [6, 6.07) is 4.30. The zero-order valence-corrected chi connectivity index (χ0v) is 14.0. The number of fused-ring (bicyclic) bond motifs is 1. The van der Waals surface area contributed by atoms with Crippen LogP contribution in [-0.2, 0) is 4.74 Å². The van der Waals surface area contributed by atoms with E-state index in [0.29, 0.717) is 24.1 Å². The molecule has 9 nitrogen and oxygen atoms in total. The summed E-state index contributed by atoms with van der Waals surface area (Å²) in [5.74, 6) is -0.347. The summed E-state index contributed by atoms with van der Waals surface area (Å²) in [6.07, 6.45) is 1.82. The lowest BCUT2D eigenvalue weighted by molar-refractivity contribution is -0.384. The Kier molecular flexibility index (Phi) is 4.95. The Morgan fingerprint density at radius 3 is 2.88 bits per heavy atom. The van der Waals surface area contributed by atoms with Crippen molar-refractivity contribution in [3.63, 3.8) is 0 Å². The summed E-state index contributed by atoms with van der Waals surface area (Å²) >= 11 is 0. The molecule has 0 aliphatic carbocycles. The fraction of sp³-hybridized carbons (Fsp3) is 0.500. The van der Waals surface area contributed by atoms with E-state index in [-0.39, 0.29) is 22.7 Å². The van der Waals surface area contributed by atoms with E-state index in [4.69, 9.17) is 4.74 Å². The third-order valence-electron chi connectivity index (χ3n) is 4.71. The Morgan fingerprint density at radius 2 is 2.20 bits per heavy atom. The Morgan fingerprint density at radius 1 is 1.44 bits per heavy atom. The predicted molar refractivity (Wildman–Crippen MR) is 91.5 cm³/mol. The van der Waals surface area contributed by atoms with Crippen molar-refractivity contribution in [2.45, 2.75) is 12.8 Å². The second-order valence-corrected chi connectivity index (χ2v) is 6.42. The Bertz CT molecular complexity index is 776. The summed E-state index contributed by atoms with van der Waals surface area (Å²) in [6.45, 7) is 2.82. The van der Waals surface area contributed by atoms with Crippen molar-refractivity contribution in [3.05, 3.63) is 34.0 Å². The predicted octanol–water partition coefficient (Wildman–Crippen LogP) is 1.22. The number of carbonyl (C=O) groups is 1. The van der Waals surface area contributed by atoms with Crippen LogP contribution in [0.1, 0.15) is 23.3 Å².